The van der Waals surface area contributed by atoms with Crippen LogP contribution in [0.1, 0.15) is 66.7 Å². The summed E-state index contributed by atoms with van der Waals surface area (Å²) < 4.78 is 27.4. The highest BCUT2D eigenvalue weighted by molar-refractivity contribution is 5.94. The highest BCUT2D eigenvalue weighted by Gasteiger charge is 2.69. The lowest BCUT2D eigenvalue weighted by Gasteiger charge is -2.65. The summed E-state index contributed by atoms with van der Waals surface area (Å²) in [5, 5.41) is 3.19. The van der Waals surface area contributed by atoms with Crippen LogP contribution in [0.3, 0.4) is 0 Å². The third kappa shape index (κ3) is 3.33. The smallest absolute Gasteiger partial charge is 0.224 e. The van der Waals surface area contributed by atoms with Gasteiger partial charge in [-0.3, -0.25) is 4.79 Å². The van der Waals surface area contributed by atoms with Gasteiger partial charge < -0.3 is 10.2 Å². The topological polar surface area (TPSA) is 32.3 Å². The van der Waals surface area contributed by atoms with E-state index < -0.39 is 5.67 Å². The summed E-state index contributed by atoms with van der Waals surface area (Å²) in [7, 11) is 0. The van der Waals surface area contributed by atoms with E-state index in [9.17, 15) is 13.6 Å². The molecule has 0 radical (unpaired) electrons. The Morgan fingerprint density at radius 3 is 2.65 bits per heavy atom. The first-order valence-corrected chi connectivity index (χ1v) is 11.5. The largest absolute Gasteiger partial charge is 0.367 e. The van der Waals surface area contributed by atoms with E-state index in [1.807, 2.05) is 6.07 Å². The maximum atomic E-state index is 13.8. The molecule has 4 fully saturated rings. The van der Waals surface area contributed by atoms with Crippen molar-refractivity contribution in [2.75, 3.05) is 16.8 Å². The number of alkyl halides is 1. The highest BCUT2D eigenvalue weighted by atomic mass is 19.1. The van der Waals surface area contributed by atoms with Gasteiger partial charge in [0.25, 0.3) is 0 Å². The molecular formula is C26H28F2N2O. The zero-order valence-electron chi connectivity index (χ0n) is 17.9. The summed E-state index contributed by atoms with van der Waals surface area (Å²) in [6, 6.07) is 9.49. The Balaban J connectivity index is 1.23. The maximum Gasteiger partial charge on any atom is 0.224 e. The van der Waals surface area contributed by atoms with Gasteiger partial charge in [0, 0.05) is 30.9 Å². The van der Waals surface area contributed by atoms with Crippen LogP contribution in [-0.4, -0.2) is 18.1 Å². The minimum absolute atomic E-state index is 0.0217. The monoisotopic (exact) mass is 422 g/mol. The second kappa shape index (κ2) is 6.54. The lowest BCUT2D eigenvalue weighted by Crippen LogP contribution is -2.65. The van der Waals surface area contributed by atoms with Crippen molar-refractivity contribution < 1.29 is 13.6 Å². The molecule has 31 heavy (non-hydrogen) atoms. The first-order valence-electron chi connectivity index (χ1n) is 11.5. The molecule has 0 atom stereocenters. The molecule has 0 unspecified atom stereocenters. The van der Waals surface area contributed by atoms with Crippen LogP contribution in [-0.2, 0) is 17.8 Å². The number of nitrogens with zero attached hydrogens (tertiary/aromatic N) is 1. The number of halogens is 2. The number of anilines is 2. The predicted molar refractivity (Wildman–Crippen MR) is 118 cm³/mol. The number of carbonyl (C=O) groups is 1. The molecule has 3 nitrogen and oxygen atoms in total. The van der Waals surface area contributed by atoms with Crippen molar-refractivity contribution in [3.8, 4) is 0 Å². The molecular weight excluding hydrogens is 394 g/mol. The van der Waals surface area contributed by atoms with Crippen molar-refractivity contribution >= 4 is 17.3 Å². The van der Waals surface area contributed by atoms with Crippen molar-refractivity contribution in [3.63, 3.8) is 0 Å². The van der Waals surface area contributed by atoms with Gasteiger partial charge in [-0.15, -0.1) is 0 Å². The molecule has 5 heteroatoms. The molecule has 7 rings (SSSR count). The molecule has 162 valence electrons. The summed E-state index contributed by atoms with van der Waals surface area (Å²) in [4.78, 5) is 15.1. The number of aryl methyl sites for hydroxylation is 1. The van der Waals surface area contributed by atoms with Gasteiger partial charge in [-0.05, 0) is 103 Å². The van der Waals surface area contributed by atoms with Crippen LogP contribution in [0.25, 0.3) is 0 Å². The molecule has 5 aliphatic rings. The quantitative estimate of drug-likeness (QED) is 0.661. The third-order valence-corrected chi connectivity index (χ3v) is 7.79. The Bertz CT molecular complexity index is 1070. The van der Waals surface area contributed by atoms with E-state index in [1.54, 1.807) is 12.1 Å². The number of nitrogens with one attached hydrogen (secondary N) is 1. The third-order valence-electron chi connectivity index (χ3n) is 7.79. The van der Waals surface area contributed by atoms with Crippen LogP contribution in [0.4, 0.5) is 20.2 Å². The SMILES string of the molecule is Cc1cc(N2CCc3cc(F)ccc3C2)cc(C2CC2)c1NC(=O)CC12CC(F)(C1)C2. The lowest BCUT2D eigenvalue weighted by atomic mass is 9.41. The summed E-state index contributed by atoms with van der Waals surface area (Å²) in [5.41, 5.74) is 5.68. The number of carbonyl (C=O) groups excluding carboxylic acids is 1. The molecule has 2 aromatic carbocycles. The lowest BCUT2D eigenvalue weighted by molar-refractivity contribution is -0.214. The Labute approximate surface area is 181 Å². The maximum absolute atomic E-state index is 13.8. The van der Waals surface area contributed by atoms with Crippen molar-refractivity contribution in [2.24, 2.45) is 5.41 Å². The average molecular weight is 423 g/mol. The van der Waals surface area contributed by atoms with E-state index >= 15 is 0 Å². The van der Waals surface area contributed by atoms with E-state index in [0.717, 1.165) is 49.2 Å². The molecule has 0 aromatic heterocycles. The number of hydrogen-bond acceptors (Lipinski definition) is 2. The Kier molecular flexibility index (Phi) is 4.06. The number of rotatable bonds is 5. The van der Waals surface area contributed by atoms with Gasteiger partial charge >= 0.3 is 0 Å². The van der Waals surface area contributed by atoms with E-state index in [0.29, 0.717) is 31.6 Å². The molecule has 4 aliphatic carbocycles. The Morgan fingerprint density at radius 1 is 1.16 bits per heavy atom. The summed E-state index contributed by atoms with van der Waals surface area (Å²) in [5.74, 6) is 0.359. The molecule has 1 aliphatic heterocycles. The fraction of sp³-hybridized carbons (Fsp3) is 0.500. The zero-order valence-corrected chi connectivity index (χ0v) is 17.9. The van der Waals surface area contributed by atoms with Crippen LogP contribution in [0.15, 0.2) is 30.3 Å². The number of amides is 1. The van der Waals surface area contributed by atoms with Crippen molar-refractivity contribution in [3.05, 3.63) is 58.4 Å². The van der Waals surface area contributed by atoms with E-state index in [1.165, 1.54) is 16.8 Å². The molecule has 0 spiro atoms. The van der Waals surface area contributed by atoms with E-state index in [4.69, 9.17) is 0 Å². The average Bonchev–Trinajstić information content (AvgIpc) is 3.52. The van der Waals surface area contributed by atoms with Gasteiger partial charge in [-0.2, -0.15) is 0 Å². The number of hydrogen-bond donors (Lipinski definition) is 1. The van der Waals surface area contributed by atoms with Gasteiger partial charge in [0.15, 0.2) is 0 Å². The molecule has 0 saturated heterocycles. The second-order valence-corrected chi connectivity index (χ2v) is 10.5. The molecule has 1 heterocycles. The normalized spacial score (nSPS) is 28.4. The molecule has 4 saturated carbocycles. The first kappa shape index (κ1) is 19.3. The predicted octanol–water partition coefficient (Wildman–Crippen LogP) is 5.80. The fourth-order valence-corrected chi connectivity index (χ4v) is 6.18. The Morgan fingerprint density at radius 2 is 1.94 bits per heavy atom. The molecule has 1 amide bonds. The zero-order chi connectivity index (χ0) is 21.4. The molecule has 1 N–H and O–H groups in total. The standard InChI is InChI=1S/C26H28F2N2O/c1-16-8-21(30-7-6-18-9-20(27)5-4-19(18)12-30)10-22(17-2-3-17)24(16)29-23(31)11-25-13-26(28,14-25)15-25/h4-5,8-10,17H,2-3,6-7,11-15H2,1H3,(H,29,31). The molecule has 2 aromatic rings. The van der Waals surface area contributed by atoms with Crippen LogP contribution in [0, 0.1) is 18.2 Å². The van der Waals surface area contributed by atoms with Gasteiger partial charge in [0.05, 0.1) is 0 Å². The number of benzene rings is 2. The van der Waals surface area contributed by atoms with Gasteiger partial charge in [-0.25, -0.2) is 8.78 Å². The van der Waals surface area contributed by atoms with Crippen LogP contribution >= 0.6 is 0 Å². The van der Waals surface area contributed by atoms with Crippen LogP contribution in [0.2, 0.25) is 0 Å². The van der Waals surface area contributed by atoms with Crippen LogP contribution < -0.4 is 10.2 Å². The van der Waals surface area contributed by atoms with Gasteiger partial charge in [-0.1, -0.05) is 6.07 Å². The number of fused-ring (bicyclic) bond motifs is 1. The summed E-state index contributed by atoms with van der Waals surface area (Å²) in [6.45, 7) is 3.70. The first-order chi connectivity index (χ1) is 14.8. The minimum atomic E-state index is -0.962. The highest BCUT2D eigenvalue weighted by Crippen LogP contribution is 2.71. The van der Waals surface area contributed by atoms with E-state index in [-0.39, 0.29) is 17.1 Å². The fourth-order valence-electron chi connectivity index (χ4n) is 6.18. The van der Waals surface area contributed by atoms with Crippen molar-refractivity contribution in [1.82, 2.24) is 0 Å². The van der Waals surface area contributed by atoms with Crippen molar-refractivity contribution in [1.29, 1.82) is 0 Å². The molecule has 2 bridgehead atoms. The van der Waals surface area contributed by atoms with Gasteiger partial charge in [0.1, 0.15) is 11.5 Å². The van der Waals surface area contributed by atoms with Gasteiger partial charge in [0.2, 0.25) is 5.91 Å². The van der Waals surface area contributed by atoms with Crippen LogP contribution in [0.5, 0.6) is 0 Å². The summed E-state index contributed by atoms with van der Waals surface area (Å²) >= 11 is 0. The Hall–Kier alpha value is -2.43. The van der Waals surface area contributed by atoms with Crippen molar-refractivity contribution in [2.45, 2.75) is 70.0 Å². The summed E-state index contributed by atoms with van der Waals surface area (Å²) in [6.07, 6.45) is 5.25. The minimum Gasteiger partial charge on any atom is -0.367 e. The second-order valence-electron chi connectivity index (χ2n) is 10.5. The van der Waals surface area contributed by atoms with E-state index in [2.05, 4.69) is 29.3 Å².